The zero-order chi connectivity index (χ0) is 12.1. The molecule has 0 unspecified atom stereocenters. The Balaban J connectivity index is 1.93. The topological polar surface area (TPSA) is 33.1 Å². The van der Waals surface area contributed by atoms with Crippen LogP contribution in [-0.2, 0) is 12.8 Å². The van der Waals surface area contributed by atoms with E-state index in [1.54, 1.807) is 0 Å². The molecule has 1 N–H and O–H groups in total. The van der Waals surface area contributed by atoms with Gasteiger partial charge >= 0.3 is 0 Å². The number of phenols is 1. The molecule has 0 atom stereocenters. The summed E-state index contributed by atoms with van der Waals surface area (Å²) in [5, 5.41) is 9.84. The molecule has 2 aromatic rings. The minimum atomic E-state index is 0.363. The number of nitrogens with zero attached hydrogens (tertiary/aromatic N) is 1. The van der Waals surface area contributed by atoms with Crippen molar-refractivity contribution in [3.05, 3.63) is 58.3 Å². The van der Waals surface area contributed by atoms with E-state index in [0.29, 0.717) is 5.75 Å². The number of para-hydroxylation sites is 1. The Morgan fingerprint density at radius 2 is 1.82 bits per heavy atom. The standard InChI is InChI=1S/C14H14BrNO/c15-13-6-2-5-12(14(13)17)4-1-3-11-7-9-16-10-8-11/h2,5-10,17H,1,3-4H2. The average molecular weight is 292 g/mol. The van der Waals surface area contributed by atoms with Crippen LogP contribution in [0.4, 0.5) is 0 Å². The second-order valence-electron chi connectivity index (χ2n) is 3.96. The van der Waals surface area contributed by atoms with Crippen LogP contribution < -0.4 is 0 Å². The van der Waals surface area contributed by atoms with Crippen molar-refractivity contribution in [3.8, 4) is 5.75 Å². The van der Waals surface area contributed by atoms with Crippen LogP contribution in [0.15, 0.2) is 47.2 Å². The summed E-state index contributed by atoms with van der Waals surface area (Å²) in [6, 6.07) is 9.82. The van der Waals surface area contributed by atoms with Crippen molar-refractivity contribution in [1.82, 2.24) is 4.98 Å². The largest absolute Gasteiger partial charge is 0.506 e. The maximum absolute atomic E-state index is 9.84. The first-order chi connectivity index (χ1) is 8.27. The summed E-state index contributed by atoms with van der Waals surface area (Å²) in [5.74, 6) is 0.363. The molecule has 0 saturated heterocycles. The molecular weight excluding hydrogens is 278 g/mol. The van der Waals surface area contributed by atoms with Gasteiger partial charge in [0.15, 0.2) is 0 Å². The number of benzene rings is 1. The Kier molecular flexibility index (Phi) is 4.15. The maximum atomic E-state index is 9.84. The molecule has 2 nitrogen and oxygen atoms in total. The third-order valence-electron chi connectivity index (χ3n) is 2.73. The van der Waals surface area contributed by atoms with Gasteiger partial charge in [0.2, 0.25) is 0 Å². The van der Waals surface area contributed by atoms with Gasteiger partial charge in [-0.3, -0.25) is 4.98 Å². The number of phenolic OH excluding ortho intramolecular Hbond substituents is 1. The highest BCUT2D eigenvalue weighted by Gasteiger charge is 2.04. The fourth-order valence-corrected chi connectivity index (χ4v) is 2.20. The van der Waals surface area contributed by atoms with E-state index < -0.39 is 0 Å². The summed E-state index contributed by atoms with van der Waals surface area (Å²) >= 11 is 3.32. The summed E-state index contributed by atoms with van der Waals surface area (Å²) in [4.78, 5) is 3.99. The fraction of sp³-hybridized carbons (Fsp3) is 0.214. The van der Waals surface area contributed by atoms with Gasteiger partial charge in [-0.2, -0.15) is 0 Å². The van der Waals surface area contributed by atoms with Crippen LogP contribution in [0.25, 0.3) is 0 Å². The van der Waals surface area contributed by atoms with Gasteiger partial charge < -0.3 is 5.11 Å². The van der Waals surface area contributed by atoms with Crippen molar-refractivity contribution in [2.45, 2.75) is 19.3 Å². The minimum absolute atomic E-state index is 0.363. The summed E-state index contributed by atoms with van der Waals surface area (Å²) < 4.78 is 0.763. The first kappa shape index (κ1) is 12.1. The molecule has 17 heavy (non-hydrogen) atoms. The van der Waals surface area contributed by atoms with E-state index >= 15 is 0 Å². The lowest BCUT2D eigenvalue weighted by molar-refractivity contribution is 0.463. The van der Waals surface area contributed by atoms with Crippen LogP contribution in [0, 0.1) is 0 Å². The zero-order valence-corrected chi connectivity index (χ0v) is 11.0. The monoisotopic (exact) mass is 291 g/mol. The van der Waals surface area contributed by atoms with Crippen LogP contribution in [-0.4, -0.2) is 10.1 Å². The molecule has 0 aliphatic heterocycles. The van der Waals surface area contributed by atoms with Crippen molar-refractivity contribution in [3.63, 3.8) is 0 Å². The van der Waals surface area contributed by atoms with Crippen molar-refractivity contribution in [2.75, 3.05) is 0 Å². The quantitative estimate of drug-likeness (QED) is 0.931. The Hall–Kier alpha value is -1.35. The van der Waals surface area contributed by atoms with Gasteiger partial charge in [-0.15, -0.1) is 0 Å². The Morgan fingerprint density at radius 3 is 2.59 bits per heavy atom. The van der Waals surface area contributed by atoms with E-state index in [1.165, 1.54) is 5.56 Å². The van der Waals surface area contributed by atoms with Gasteiger partial charge in [-0.25, -0.2) is 0 Å². The predicted octanol–water partition coefficient (Wildman–Crippen LogP) is 3.73. The van der Waals surface area contributed by atoms with Gasteiger partial charge in [0.05, 0.1) is 4.47 Å². The van der Waals surface area contributed by atoms with E-state index in [9.17, 15) is 5.11 Å². The van der Waals surface area contributed by atoms with Crippen LogP contribution in [0.5, 0.6) is 5.75 Å². The van der Waals surface area contributed by atoms with E-state index in [1.807, 2.05) is 42.7 Å². The maximum Gasteiger partial charge on any atom is 0.132 e. The van der Waals surface area contributed by atoms with Crippen molar-refractivity contribution < 1.29 is 5.11 Å². The van der Waals surface area contributed by atoms with Crippen LogP contribution in [0.3, 0.4) is 0 Å². The molecule has 3 heteroatoms. The van der Waals surface area contributed by atoms with Gasteiger partial charge in [0, 0.05) is 12.4 Å². The SMILES string of the molecule is Oc1c(Br)cccc1CCCc1ccncc1. The molecule has 0 bridgehead atoms. The minimum Gasteiger partial charge on any atom is -0.506 e. The molecule has 0 amide bonds. The molecule has 88 valence electrons. The van der Waals surface area contributed by atoms with E-state index in [-0.39, 0.29) is 0 Å². The van der Waals surface area contributed by atoms with Crippen LogP contribution in [0.1, 0.15) is 17.5 Å². The second kappa shape index (κ2) is 5.82. The number of halogens is 1. The molecule has 1 aromatic heterocycles. The Labute approximate surface area is 109 Å². The fourth-order valence-electron chi connectivity index (χ4n) is 1.79. The predicted molar refractivity (Wildman–Crippen MR) is 72.1 cm³/mol. The smallest absolute Gasteiger partial charge is 0.132 e. The molecule has 2 rings (SSSR count). The van der Waals surface area contributed by atoms with Gasteiger partial charge in [-0.05, 0) is 64.5 Å². The molecule has 0 aliphatic carbocycles. The first-order valence-corrected chi connectivity index (χ1v) is 6.42. The summed E-state index contributed by atoms with van der Waals surface area (Å²) in [6.07, 6.45) is 6.54. The number of aryl methyl sites for hydroxylation is 2. The zero-order valence-electron chi connectivity index (χ0n) is 9.44. The molecule has 0 saturated carbocycles. The molecule has 1 aromatic carbocycles. The van der Waals surface area contributed by atoms with E-state index in [0.717, 1.165) is 29.3 Å². The lowest BCUT2D eigenvalue weighted by Gasteiger charge is -2.06. The number of aromatic nitrogens is 1. The lowest BCUT2D eigenvalue weighted by atomic mass is 10.0. The molecule has 1 heterocycles. The van der Waals surface area contributed by atoms with Crippen molar-refractivity contribution >= 4 is 15.9 Å². The van der Waals surface area contributed by atoms with Gasteiger partial charge in [0.1, 0.15) is 5.75 Å². The normalized spacial score (nSPS) is 10.4. The Bertz CT molecular complexity index is 485. The molecule has 0 aliphatic rings. The molecular formula is C14H14BrNO. The highest BCUT2D eigenvalue weighted by molar-refractivity contribution is 9.10. The van der Waals surface area contributed by atoms with E-state index in [4.69, 9.17) is 0 Å². The Morgan fingerprint density at radius 1 is 1.06 bits per heavy atom. The first-order valence-electron chi connectivity index (χ1n) is 5.62. The van der Waals surface area contributed by atoms with Gasteiger partial charge in [-0.1, -0.05) is 12.1 Å². The third-order valence-corrected chi connectivity index (χ3v) is 3.37. The summed E-state index contributed by atoms with van der Waals surface area (Å²) in [6.45, 7) is 0. The molecule has 0 radical (unpaired) electrons. The molecule has 0 spiro atoms. The van der Waals surface area contributed by atoms with Crippen LogP contribution in [0.2, 0.25) is 0 Å². The summed E-state index contributed by atoms with van der Waals surface area (Å²) in [5.41, 5.74) is 2.28. The van der Waals surface area contributed by atoms with Gasteiger partial charge in [0.25, 0.3) is 0 Å². The van der Waals surface area contributed by atoms with E-state index in [2.05, 4.69) is 20.9 Å². The number of rotatable bonds is 4. The van der Waals surface area contributed by atoms with Crippen molar-refractivity contribution in [1.29, 1.82) is 0 Å². The second-order valence-corrected chi connectivity index (χ2v) is 4.81. The highest BCUT2D eigenvalue weighted by atomic mass is 79.9. The average Bonchev–Trinajstić information content (AvgIpc) is 2.36. The molecule has 0 fully saturated rings. The summed E-state index contributed by atoms with van der Waals surface area (Å²) in [7, 11) is 0. The van der Waals surface area contributed by atoms with Crippen LogP contribution >= 0.6 is 15.9 Å². The lowest BCUT2D eigenvalue weighted by Crippen LogP contribution is -1.91. The highest BCUT2D eigenvalue weighted by Crippen LogP contribution is 2.28. The number of aromatic hydroxyl groups is 1. The number of pyridine rings is 1. The van der Waals surface area contributed by atoms with Crippen molar-refractivity contribution in [2.24, 2.45) is 0 Å². The third kappa shape index (κ3) is 3.30. The number of hydrogen-bond acceptors (Lipinski definition) is 2. The number of hydrogen-bond donors (Lipinski definition) is 1.